The maximum Gasteiger partial charge on any atom is 0.273 e. The molecule has 0 bridgehead atoms. The van der Waals surface area contributed by atoms with Gasteiger partial charge in [0.2, 0.25) is 0 Å². The molecule has 1 fully saturated rings. The molecule has 8 nitrogen and oxygen atoms in total. The fraction of sp³-hybridized carbons (Fsp3) is 0.368. The van der Waals surface area contributed by atoms with Gasteiger partial charge in [-0.3, -0.25) is 9.59 Å². The molecule has 1 aromatic heterocycles. The zero-order valence-corrected chi connectivity index (χ0v) is 16.0. The highest BCUT2D eigenvalue weighted by atomic mass is 32.2. The molecule has 1 saturated heterocycles. The molecule has 0 radical (unpaired) electrons. The fourth-order valence-electron chi connectivity index (χ4n) is 3.52. The molecule has 0 spiro atoms. The molecule has 2 aliphatic rings. The van der Waals surface area contributed by atoms with E-state index in [2.05, 4.69) is 10.6 Å². The summed E-state index contributed by atoms with van der Waals surface area (Å²) < 4.78 is 32.2. The van der Waals surface area contributed by atoms with E-state index in [1.807, 2.05) is 0 Å². The van der Waals surface area contributed by atoms with Gasteiger partial charge >= 0.3 is 0 Å². The van der Waals surface area contributed by atoms with Gasteiger partial charge in [-0.15, -0.1) is 0 Å². The van der Waals surface area contributed by atoms with Crippen molar-refractivity contribution in [1.29, 1.82) is 0 Å². The smallest absolute Gasteiger partial charge is 0.273 e. The zero-order valence-electron chi connectivity index (χ0n) is 15.2. The Hall–Kier alpha value is -2.65. The van der Waals surface area contributed by atoms with Crippen molar-refractivity contribution in [3.63, 3.8) is 0 Å². The molecule has 1 atom stereocenters. The van der Waals surface area contributed by atoms with Crippen molar-refractivity contribution >= 4 is 27.5 Å². The Balaban J connectivity index is 1.51. The molecule has 1 unspecified atom stereocenters. The predicted molar refractivity (Wildman–Crippen MR) is 102 cm³/mol. The second-order valence-corrected chi connectivity index (χ2v) is 8.68. The molecule has 2 N–H and O–H groups in total. The Morgan fingerprint density at radius 2 is 2.14 bits per heavy atom. The van der Waals surface area contributed by atoms with E-state index < -0.39 is 15.9 Å². The van der Waals surface area contributed by atoms with Crippen LogP contribution in [0.5, 0.6) is 0 Å². The van der Waals surface area contributed by atoms with E-state index in [1.165, 1.54) is 36.5 Å². The lowest BCUT2D eigenvalue weighted by molar-refractivity contribution is 0.0117. The minimum atomic E-state index is -3.92. The van der Waals surface area contributed by atoms with Crippen molar-refractivity contribution in [2.75, 3.05) is 18.5 Å². The molecule has 0 saturated carbocycles. The van der Waals surface area contributed by atoms with Crippen molar-refractivity contribution in [2.45, 2.75) is 36.7 Å². The number of aromatic nitrogens is 1. The van der Waals surface area contributed by atoms with Crippen LogP contribution in [0.4, 0.5) is 5.69 Å². The van der Waals surface area contributed by atoms with E-state index in [4.69, 9.17) is 4.74 Å². The molecule has 2 aromatic rings. The Morgan fingerprint density at radius 1 is 1.29 bits per heavy atom. The van der Waals surface area contributed by atoms with Crippen LogP contribution in [0.2, 0.25) is 0 Å². The summed E-state index contributed by atoms with van der Waals surface area (Å²) in [6.45, 7) is 1.23. The van der Waals surface area contributed by atoms with Crippen LogP contribution in [0.15, 0.2) is 41.4 Å². The van der Waals surface area contributed by atoms with Gasteiger partial charge in [0.1, 0.15) is 10.6 Å². The molecular weight excluding hydrogens is 382 g/mol. The SMILES string of the molecule is O=C(NCCC1CCCCO1)c1ccc2c(c1)NC(=O)c1cccn1S2(=O)=O. The van der Waals surface area contributed by atoms with Crippen LogP contribution in [-0.4, -0.2) is 43.5 Å². The monoisotopic (exact) mass is 403 g/mol. The number of rotatable bonds is 4. The molecule has 3 heterocycles. The third-order valence-electron chi connectivity index (χ3n) is 5.00. The highest BCUT2D eigenvalue weighted by molar-refractivity contribution is 7.90. The van der Waals surface area contributed by atoms with Crippen LogP contribution in [0, 0.1) is 0 Å². The highest BCUT2D eigenvalue weighted by Gasteiger charge is 2.30. The number of carbonyl (C=O) groups excluding carboxylic acids is 2. The second kappa shape index (κ2) is 7.40. The van der Waals surface area contributed by atoms with Crippen LogP contribution in [0.3, 0.4) is 0 Å². The van der Waals surface area contributed by atoms with Crippen LogP contribution in [-0.2, 0) is 14.8 Å². The summed E-state index contributed by atoms with van der Waals surface area (Å²) in [7, 11) is -3.92. The third kappa shape index (κ3) is 3.43. The summed E-state index contributed by atoms with van der Waals surface area (Å²) in [6, 6.07) is 7.11. The summed E-state index contributed by atoms with van der Waals surface area (Å²) in [6.07, 6.45) is 5.45. The van der Waals surface area contributed by atoms with Gasteiger partial charge in [-0.2, -0.15) is 0 Å². The minimum Gasteiger partial charge on any atom is -0.378 e. The molecule has 9 heteroatoms. The molecule has 28 heavy (non-hydrogen) atoms. The van der Waals surface area contributed by atoms with Gasteiger partial charge < -0.3 is 15.4 Å². The Labute approximate surface area is 162 Å². The lowest BCUT2D eigenvalue weighted by atomic mass is 10.1. The van der Waals surface area contributed by atoms with Crippen molar-refractivity contribution in [2.24, 2.45) is 0 Å². The molecule has 1 aromatic carbocycles. The zero-order chi connectivity index (χ0) is 19.7. The topological polar surface area (TPSA) is 106 Å². The number of benzene rings is 1. The second-order valence-electron chi connectivity index (χ2n) is 6.89. The third-order valence-corrected chi connectivity index (χ3v) is 6.75. The number of hydrogen-bond acceptors (Lipinski definition) is 5. The largest absolute Gasteiger partial charge is 0.378 e. The maximum absolute atomic E-state index is 12.8. The van der Waals surface area contributed by atoms with Gasteiger partial charge in [0, 0.05) is 24.9 Å². The van der Waals surface area contributed by atoms with E-state index in [9.17, 15) is 18.0 Å². The summed E-state index contributed by atoms with van der Waals surface area (Å²) in [5, 5.41) is 5.41. The average Bonchev–Trinajstić information content (AvgIpc) is 3.17. The number of amides is 2. The first-order valence-corrected chi connectivity index (χ1v) is 10.7. The molecular formula is C19H21N3O5S. The minimum absolute atomic E-state index is 0.0229. The van der Waals surface area contributed by atoms with Gasteiger partial charge in [-0.25, -0.2) is 12.4 Å². The van der Waals surface area contributed by atoms with E-state index >= 15 is 0 Å². The summed E-state index contributed by atoms with van der Waals surface area (Å²) in [4.78, 5) is 24.7. The van der Waals surface area contributed by atoms with Crippen LogP contribution >= 0.6 is 0 Å². The summed E-state index contributed by atoms with van der Waals surface area (Å²) in [5.41, 5.74) is 0.400. The van der Waals surface area contributed by atoms with Gasteiger partial charge in [-0.1, -0.05) is 0 Å². The van der Waals surface area contributed by atoms with Gasteiger partial charge in [0.05, 0.1) is 11.8 Å². The first-order chi connectivity index (χ1) is 13.5. The van der Waals surface area contributed by atoms with E-state index in [-0.39, 0.29) is 33.9 Å². The van der Waals surface area contributed by atoms with Crippen molar-refractivity contribution < 1.29 is 22.7 Å². The summed E-state index contributed by atoms with van der Waals surface area (Å²) in [5.74, 6) is -0.867. The molecule has 4 rings (SSSR count). The van der Waals surface area contributed by atoms with E-state index in [0.29, 0.717) is 6.54 Å². The number of carbonyl (C=O) groups is 2. The first kappa shape index (κ1) is 18.7. The molecule has 0 aliphatic carbocycles. The first-order valence-electron chi connectivity index (χ1n) is 9.25. The summed E-state index contributed by atoms with van der Waals surface area (Å²) >= 11 is 0. The Bertz CT molecular complexity index is 1020. The van der Waals surface area contributed by atoms with E-state index in [0.717, 1.165) is 36.3 Å². The molecule has 2 aliphatic heterocycles. The molecule has 2 amide bonds. The number of anilines is 1. The van der Waals surface area contributed by atoms with Crippen LogP contribution in [0.25, 0.3) is 0 Å². The van der Waals surface area contributed by atoms with Crippen LogP contribution < -0.4 is 10.6 Å². The average molecular weight is 403 g/mol. The number of nitrogens with one attached hydrogen (secondary N) is 2. The standard InChI is InChI=1S/C19H21N3O5S/c23-18(20-9-8-14-4-1-2-11-27-14)13-6-7-17-15(12-13)21-19(24)16-5-3-10-22(16)28(17,25)26/h3,5-7,10,12,14H,1-2,4,8-9,11H2,(H,20,23)(H,21,24). The number of hydrogen-bond donors (Lipinski definition) is 2. The normalized spacial score (nSPS) is 20.4. The highest BCUT2D eigenvalue weighted by Crippen LogP contribution is 2.29. The van der Waals surface area contributed by atoms with Gasteiger partial charge in [0.15, 0.2) is 0 Å². The Kier molecular flexibility index (Phi) is 4.94. The van der Waals surface area contributed by atoms with Gasteiger partial charge in [0.25, 0.3) is 21.8 Å². The lowest BCUT2D eigenvalue weighted by Crippen LogP contribution is -2.29. The van der Waals surface area contributed by atoms with Crippen molar-refractivity contribution in [3.8, 4) is 0 Å². The number of fused-ring (bicyclic) bond motifs is 2. The predicted octanol–water partition coefficient (Wildman–Crippen LogP) is 1.98. The Morgan fingerprint density at radius 3 is 2.93 bits per heavy atom. The lowest BCUT2D eigenvalue weighted by Gasteiger charge is -2.22. The van der Waals surface area contributed by atoms with Crippen molar-refractivity contribution in [1.82, 2.24) is 9.29 Å². The quantitative estimate of drug-likeness (QED) is 0.812. The van der Waals surface area contributed by atoms with Gasteiger partial charge in [-0.05, 0) is 56.0 Å². The van der Waals surface area contributed by atoms with Crippen LogP contribution in [0.1, 0.15) is 46.5 Å². The fourth-order valence-corrected chi connectivity index (χ4v) is 4.99. The maximum atomic E-state index is 12.8. The number of nitrogens with zero attached hydrogens (tertiary/aromatic N) is 1. The van der Waals surface area contributed by atoms with E-state index in [1.54, 1.807) is 0 Å². The van der Waals surface area contributed by atoms with Crippen molar-refractivity contribution in [3.05, 3.63) is 47.8 Å². The number of ether oxygens (including phenoxy) is 1. The molecule has 148 valence electrons.